The Bertz CT molecular complexity index is 321. The number of hydrogen-bond acceptors (Lipinski definition) is 4. The molecule has 1 saturated heterocycles. The molecule has 0 radical (unpaired) electrons. The number of morpholine rings is 1. The molecule has 0 atom stereocenters. The zero-order valence-electron chi connectivity index (χ0n) is 10.1. The van der Waals surface area contributed by atoms with Gasteiger partial charge in [-0.3, -0.25) is 0 Å². The van der Waals surface area contributed by atoms with Crippen LogP contribution in [-0.4, -0.2) is 44.6 Å². The molecule has 94 valence electrons. The van der Waals surface area contributed by atoms with Gasteiger partial charge < -0.3 is 20.1 Å². The van der Waals surface area contributed by atoms with E-state index in [-0.39, 0.29) is 6.61 Å². The molecule has 0 saturated carbocycles. The van der Waals surface area contributed by atoms with E-state index in [4.69, 9.17) is 9.84 Å². The Morgan fingerprint density at radius 3 is 2.53 bits per heavy atom. The topological polar surface area (TPSA) is 44.7 Å². The van der Waals surface area contributed by atoms with Crippen LogP contribution in [0, 0.1) is 0 Å². The van der Waals surface area contributed by atoms with Gasteiger partial charge in [-0.1, -0.05) is 0 Å². The summed E-state index contributed by atoms with van der Waals surface area (Å²) in [4.78, 5) is 2.33. The number of ether oxygens (including phenoxy) is 1. The minimum atomic E-state index is 0.235. The second-order valence-electron chi connectivity index (χ2n) is 4.15. The van der Waals surface area contributed by atoms with Crippen molar-refractivity contribution in [2.75, 3.05) is 49.7 Å². The summed E-state index contributed by atoms with van der Waals surface area (Å²) in [7, 11) is 0. The average molecular weight is 236 g/mol. The van der Waals surface area contributed by atoms with E-state index in [1.165, 1.54) is 5.69 Å². The second kappa shape index (κ2) is 6.47. The lowest BCUT2D eigenvalue weighted by Gasteiger charge is -2.28. The highest BCUT2D eigenvalue weighted by atomic mass is 16.5. The van der Waals surface area contributed by atoms with Crippen molar-refractivity contribution < 1.29 is 9.84 Å². The maximum absolute atomic E-state index is 8.70. The molecule has 0 bridgehead atoms. The zero-order valence-corrected chi connectivity index (χ0v) is 10.1. The predicted molar refractivity (Wildman–Crippen MR) is 69.7 cm³/mol. The first kappa shape index (κ1) is 12.2. The van der Waals surface area contributed by atoms with Crippen LogP contribution in [0.5, 0.6) is 0 Å². The van der Waals surface area contributed by atoms with Crippen LogP contribution < -0.4 is 10.2 Å². The summed E-state index contributed by atoms with van der Waals surface area (Å²) in [6.45, 7) is 4.62. The first-order chi connectivity index (χ1) is 8.40. The van der Waals surface area contributed by atoms with Crippen molar-refractivity contribution in [1.29, 1.82) is 0 Å². The highest BCUT2D eigenvalue weighted by molar-refractivity contribution is 5.55. The molecule has 0 aromatic heterocycles. The molecule has 1 heterocycles. The van der Waals surface area contributed by atoms with Crippen molar-refractivity contribution in [2.24, 2.45) is 0 Å². The van der Waals surface area contributed by atoms with Gasteiger partial charge in [-0.05, 0) is 30.7 Å². The molecular formula is C13H20N2O2. The third kappa shape index (κ3) is 3.61. The maximum Gasteiger partial charge on any atom is 0.0642 e. The van der Waals surface area contributed by atoms with E-state index < -0.39 is 0 Å². The second-order valence-corrected chi connectivity index (χ2v) is 4.15. The molecule has 0 spiro atoms. The summed E-state index contributed by atoms with van der Waals surface area (Å²) in [6, 6.07) is 8.43. The number of nitrogens with one attached hydrogen (secondary N) is 1. The minimum Gasteiger partial charge on any atom is -0.396 e. The smallest absolute Gasteiger partial charge is 0.0642 e. The fourth-order valence-corrected chi connectivity index (χ4v) is 1.92. The van der Waals surface area contributed by atoms with Crippen LogP contribution in [0.3, 0.4) is 0 Å². The first-order valence-corrected chi connectivity index (χ1v) is 6.17. The molecule has 1 fully saturated rings. The third-order valence-electron chi connectivity index (χ3n) is 2.91. The van der Waals surface area contributed by atoms with E-state index >= 15 is 0 Å². The van der Waals surface area contributed by atoms with E-state index in [9.17, 15) is 0 Å². The molecule has 4 heteroatoms. The normalized spacial score (nSPS) is 15.9. The first-order valence-electron chi connectivity index (χ1n) is 6.17. The number of nitrogens with zero attached hydrogens (tertiary/aromatic N) is 1. The summed E-state index contributed by atoms with van der Waals surface area (Å²) < 4.78 is 5.33. The molecule has 4 nitrogen and oxygen atoms in total. The van der Waals surface area contributed by atoms with Gasteiger partial charge in [0, 0.05) is 37.6 Å². The highest BCUT2D eigenvalue weighted by Crippen LogP contribution is 2.18. The summed E-state index contributed by atoms with van der Waals surface area (Å²) in [6.07, 6.45) is 0.783. The van der Waals surface area contributed by atoms with Crippen molar-refractivity contribution in [3.05, 3.63) is 24.3 Å². The van der Waals surface area contributed by atoms with Crippen LogP contribution in [0.4, 0.5) is 11.4 Å². The Balaban J connectivity index is 1.88. The number of anilines is 2. The molecule has 0 amide bonds. The van der Waals surface area contributed by atoms with Crippen LogP contribution in [0.15, 0.2) is 24.3 Å². The summed E-state index contributed by atoms with van der Waals surface area (Å²) in [5.74, 6) is 0. The quantitative estimate of drug-likeness (QED) is 0.757. The summed E-state index contributed by atoms with van der Waals surface area (Å²) >= 11 is 0. The molecule has 1 aliphatic rings. The highest BCUT2D eigenvalue weighted by Gasteiger charge is 2.10. The standard InChI is InChI=1S/C13H20N2O2/c16-9-1-6-14-12-2-4-13(5-3-12)15-7-10-17-11-8-15/h2-5,14,16H,1,6-11H2. The number of hydrogen-bond donors (Lipinski definition) is 2. The molecule has 17 heavy (non-hydrogen) atoms. The zero-order chi connectivity index (χ0) is 11.9. The molecule has 0 aliphatic carbocycles. The minimum absolute atomic E-state index is 0.235. The lowest BCUT2D eigenvalue weighted by molar-refractivity contribution is 0.122. The van der Waals surface area contributed by atoms with Crippen LogP contribution in [0.2, 0.25) is 0 Å². The molecule has 1 aromatic rings. The van der Waals surface area contributed by atoms with Crippen molar-refractivity contribution in [3.8, 4) is 0 Å². The van der Waals surface area contributed by atoms with Gasteiger partial charge in [0.25, 0.3) is 0 Å². The molecular weight excluding hydrogens is 216 g/mol. The van der Waals surface area contributed by atoms with Crippen molar-refractivity contribution in [2.45, 2.75) is 6.42 Å². The maximum atomic E-state index is 8.70. The van der Waals surface area contributed by atoms with Crippen LogP contribution in [-0.2, 0) is 4.74 Å². The molecule has 2 N–H and O–H groups in total. The molecule has 1 aromatic carbocycles. The van der Waals surface area contributed by atoms with Crippen molar-refractivity contribution in [3.63, 3.8) is 0 Å². The van der Waals surface area contributed by atoms with E-state index in [1.54, 1.807) is 0 Å². The Hall–Kier alpha value is -1.26. The lowest BCUT2D eigenvalue weighted by atomic mass is 10.2. The molecule has 1 aliphatic heterocycles. The number of aliphatic hydroxyl groups excluding tert-OH is 1. The summed E-state index contributed by atoms with van der Waals surface area (Å²) in [5, 5.41) is 12.0. The van der Waals surface area contributed by atoms with Gasteiger partial charge in [0.05, 0.1) is 13.2 Å². The van der Waals surface area contributed by atoms with Gasteiger partial charge >= 0.3 is 0 Å². The van der Waals surface area contributed by atoms with Gasteiger partial charge in [0.2, 0.25) is 0 Å². The van der Waals surface area contributed by atoms with Gasteiger partial charge in [0.1, 0.15) is 0 Å². The van der Waals surface area contributed by atoms with Crippen molar-refractivity contribution in [1.82, 2.24) is 0 Å². The van der Waals surface area contributed by atoms with E-state index in [2.05, 4.69) is 34.5 Å². The van der Waals surface area contributed by atoms with Crippen LogP contribution in [0.25, 0.3) is 0 Å². The predicted octanol–water partition coefficient (Wildman–Crippen LogP) is 1.32. The summed E-state index contributed by atoms with van der Waals surface area (Å²) in [5.41, 5.74) is 2.36. The average Bonchev–Trinajstić information content (AvgIpc) is 2.41. The van der Waals surface area contributed by atoms with E-state index in [0.717, 1.165) is 45.0 Å². The molecule has 0 unspecified atom stereocenters. The van der Waals surface area contributed by atoms with E-state index in [1.807, 2.05) is 0 Å². The SMILES string of the molecule is OCCCNc1ccc(N2CCOCC2)cc1. The van der Waals surface area contributed by atoms with Gasteiger partial charge in [-0.25, -0.2) is 0 Å². The van der Waals surface area contributed by atoms with Crippen molar-refractivity contribution >= 4 is 11.4 Å². The van der Waals surface area contributed by atoms with Gasteiger partial charge in [-0.2, -0.15) is 0 Å². The molecule has 2 rings (SSSR count). The number of rotatable bonds is 5. The Morgan fingerprint density at radius 1 is 1.18 bits per heavy atom. The fraction of sp³-hybridized carbons (Fsp3) is 0.538. The van der Waals surface area contributed by atoms with Crippen LogP contribution >= 0.6 is 0 Å². The van der Waals surface area contributed by atoms with Crippen LogP contribution in [0.1, 0.15) is 6.42 Å². The number of benzene rings is 1. The largest absolute Gasteiger partial charge is 0.396 e. The van der Waals surface area contributed by atoms with Gasteiger partial charge in [-0.15, -0.1) is 0 Å². The fourth-order valence-electron chi connectivity index (χ4n) is 1.92. The Morgan fingerprint density at radius 2 is 1.88 bits per heavy atom. The monoisotopic (exact) mass is 236 g/mol. The van der Waals surface area contributed by atoms with Gasteiger partial charge in [0.15, 0.2) is 0 Å². The lowest BCUT2D eigenvalue weighted by Crippen LogP contribution is -2.36. The number of aliphatic hydroxyl groups is 1. The Labute approximate surface area is 102 Å². The third-order valence-corrected chi connectivity index (χ3v) is 2.91. The Kier molecular flexibility index (Phi) is 4.64. The van der Waals surface area contributed by atoms with E-state index in [0.29, 0.717) is 0 Å².